The van der Waals surface area contributed by atoms with Gasteiger partial charge in [0.05, 0.1) is 5.56 Å². The maximum Gasteiger partial charge on any atom is 0.312 e. The fraction of sp³-hybridized carbons (Fsp3) is 0. The molecular formula is C7H6FO+. The van der Waals surface area contributed by atoms with Crippen LogP contribution < -0.4 is 0 Å². The summed E-state index contributed by atoms with van der Waals surface area (Å²) in [4.78, 5) is 8.38. The number of aldehydes is 1. The first-order valence-corrected chi connectivity index (χ1v) is 2.56. The smallest absolute Gasteiger partial charge is 0.281 e. The molecule has 0 atom stereocenters. The Balaban J connectivity index is 3.01. The third-order valence-electron chi connectivity index (χ3n) is 1.02. The molecule has 1 rings (SSSR count). The lowest BCUT2D eigenvalue weighted by Crippen LogP contribution is -1.79. The van der Waals surface area contributed by atoms with E-state index in [2.05, 4.69) is 0 Å². The molecule has 1 aromatic rings. The fourth-order valence-corrected chi connectivity index (χ4v) is 0.549. The zero-order chi connectivity index (χ0) is 6.69. The highest BCUT2D eigenvalue weighted by Crippen LogP contribution is 1.98. The van der Waals surface area contributed by atoms with Crippen LogP contribution in [0.4, 0.5) is 4.39 Å². The summed E-state index contributed by atoms with van der Waals surface area (Å²) in [6.45, 7) is 0. The number of halogens is 1. The minimum Gasteiger partial charge on any atom is -0.281 e. The summed E-state index contributed by atoms with van der Waals surface area (Å²) in [5.41, 5.74) is 0.608. The lowest BCUT2D eigenvalue weighted by atomic mass is 10.2. The molecule has 1 nitrogen and oxygen atoms in total. The average Bonchev–Trinajstić information content (AvgIpc) is 1.90. The normalized spacial score (nSPS) is 9.00. The third kappa shape index (κ3) is 1.35. The quantitative estimate of drug-likeness (QED) is 0.399. The number of hydrogen-bond acceptors (Lipinski definition) is 0. The van der Waals surface area contributed by atoms with Crippen LogP contribution in [0.2, 0.25) is 0 Å². The zero-order valence-corrected chi connectivity index (χ0v) is 4.71. The van der Waals surface area contributed by atoms with Crippen molar-refractivity contribution in [2.75, 3.05) is 0 Å². The highest BCUT2D eigenvalue weighted by molar-refractivity contribution is 5.75. The van der Waals surface area contributed by atoms with Gasteiger partial charge >= 0.3 is 6.29 Å². The van der Waals surface area contributed by atoms with E-state index in [0.29, 0.717) is 5.56 Å². The molecule has 0 amide bonds. The van der Waals surface area contributed by atoms with Crippen LogP contribution in [0.15, 0.2) is 24.3 Å². The predicted octanol–water partition coefficient (Wildman–Crippen LogP) is 1.35. The van der Waals surface area contributed by atoms with Gasteiger partial charge in [0.15, 0.2) is 0 Å². The van der Waals surface area contributed by atoms with E-state index in [1.807, 2.05) is 0 Å². The second-order valence-electron chi connectivity index (χ2n) is 1.68. The van der Waals surface area contributed by atoms with E-state index in [0.717, 1.165) is 6.29 Å². The number of benzene rings is 1. The van der Waals surface area contributed by atoms with Crippen LogP contribution in [0.5, 0.6) is 0 Å². The van der Waals surface area contributed by atoms with E-state index in [4.69, 9.17) is 4.79 Å². The van der Waals surface area contributed by atoms with Gasteiger partial charge in [0.1, 0.15) is 5.82 Å². The zero-order valence-electron chi connectivity index (χ0n) is 4.71. The van der Waals surface area contributed by atoms with Crippen molar-refractivity contribution in [3.63, 3.8) is 0 Å². The molecule has 0 heterocycles. The SMILES string of the molecule is [OH+]=Cc1ccc(F)cc1. The Morgan fingerprint density at radius 1 is 1.22 bits per heavy atom. The van der Waals surface area contributed by atoms with E-state index in [1.165, 1.54) is 24.3 Å². The van der Waals surface area contributed by atoms with Crippen molar-refractivity contribution in [3.8, 4) is 0 Å². The number of carbonyl (C=O) groups excluding carboxylic acids is 1. The largest absolute Gasteiger partial charge is 0.312 e. The van der Waals surface area contributed by atoms with Crippen molar-refractivity contribution in [1.29, 1.82) is 0 Å². The van der Waals surface area contributed by atoms with Crippen LogP contribution >= 0.6 is 0 Å². The molecule has 9 heavy (non-hydrogen) atoms. The molecule has 0 radical (unpaired) electrons. The maximum absolute atomic E-state index is 12.1. The summed E-state index contributed by atoms with van der Waals surface area (Å²) in [5.74, 6) is -0.291. The van der Waals surface area contributed by atoms with Gasteiger partial charge in [-0.1, -0.05) is 0 Å². The number of rotatable bonds is 1. The Labute approximate surface area is 52.1 Å². The third-order valence-corrected chi connectivity index (χ3v) is 1.02. The van der Waals surface area contributed by atoms with Crippen LogP contribution in [-0.4, -0.2) is 11.1 Å². The van der Waals surface area contributed by atoms with Crippen molar-refractivity contribution in [1.82, 2.24) is 0 Å². The highest BCUT2D eigenvalue weighted by atomic mass is 19.1. The summed E-state index contributed by atoms with van der Waals surface area (Å²) < 4.78 is 12.1. The molecule has 0 aliphatic carbocycles. The Morgan fingerprint density at radius 2 is 1.78 bits per heavy atom. The van der Waals surface area contributed by atoms with Crippen LogP contribution in [0.3, 0.4) is 0 Å². The van der Waals surface area contributed by atoms with Crippen molar-refractivity contribution >= 4 is 6.29 Å². The fourth-order valence-electron chi connectivity index (χ4n) is 0.549. The van der Waals surface area contributed by atoms with Gasteiger partial charge < -0.3 is 0 Å². The van der Waals surface area contributed by atoms with Gasteiger partial charge in [0, 0.05) is 0 Å². The van der Waals surface area contributed by atoms with Crippen molar-refractivity contribution in [3.05, 3.63) is 35.6 Å². The molecular weight excluding hydrogens is 119 g/mol. The van der Waals surface area contributed by atoms with Crippen LogP contribution in [0.25, 0.3) is 0 Å². The molecule has 0 saturated heterocycles. The molecule has 0 aliphatic rings. The van der Waals surface area contributed by atoms with E-state index in [-0.39, 0.29) is 5.82 Å². The molecule has 0 spiro atoms. The van der Waals surface area contributed by atoms with Gasteiger partial charge in [-0.15, -0.1) is 0 Å². The monoisotopic (exact) mass is 125 g/mol. The average molecular weight is 125 g/mol. The first-order valence-electron chi connectivity index (χ1n) is 2.56. The first kappa shape index (κ1) is 5.95. The molecule has 0 saturated carbocycles. The summed E-state index contributed by atoms with van der Waals surface area (Å²) >= 11 is 0. The highest BCUT2D eigenvalue weighted by Gasteiger charge is 1.91. The van der Waals surface area contributed by atoms with E-state index in [9.17, 15) is 4.39 Å². The Hall–Kier alpha value is -1.18. The van der Waals surface area contributed by atoms with Crippen LogP contribution in [-0.2, 0) is 0 Å². The van der Waals surface area contributed by atoms with Gasteiger partial charge in [-0.25, -0.2) is 4.39 Å². The Bertz CT molecular complexity index is 203. The molecule has 46 valence electrons. The van der Waals surface area contributed by atoms with Crippen LogP contribution in [0.1, 0.15) is 5.56 Å². The summed E-state index contributed by atoms with van der Waals surface area (Å²) in [6.07, 6.45) is 0.930. The Morgan fingerprint density at radius 3 is 2.22 bits per heavy atom. The van der Waals surface area contributed by atoms with E-state index < -0.39 is 0 Å². The molecule has 0 bridgehead atoms. The molecule has 0 aliphatic heterocycles. The first-order chi connectivity index (χ1) is 4.33. The summed E-state index contributed by atoms with van der Waals surface area (Å²) in [5, 5.41) is 0. The lowest BCUT2D eigenvalue weighted by Gasteiger charge is -1.84. The lowest BCUT2D eigenvalue weighted by molar-refractivity contribution is 0.627. The molecule has 1 aromatic carbocycles. The number of hydrogen-bond donors (Lipinski definition) is 0. The Kier molecular flexibility index (Phi) is 1.58. The maximum atomic E-state index is 12.1. The predicted molar refractivity (Wildman–Crippen MR) is 33.5 cm³/mol. The van der Waals surface area contributed by atoms with Gasteiger partial charge in [-0.3, -0.25) is 4.79 Å². The van der Waals surface area contributed by atoms with Crippen molar-refractivity contribution < 1.29 is 9.18 Å². The van der Waals surface area contributed by atoms with Crippen LogP contribution in [0, 0.1) is 5.82 Å². The minimum atomic E-state index is -0.291. The van der Waals surface area contributed by atoms with Crippen molar-refractivity contribution in [2.24, 2.45) is 0 Å². The van der Waals surface area contributed by atoms with Gasteiger partial charge in [0.2, 0.25) is 0 Å². The molecule has 1 N–H and O–H groups in total. The van der Waals surface area contributed by atoms with Crippen molar-refractivity contribution in [2.45, 2.75) is 0 Å². The topological polar surface area (TPSA) is 21.4 Å². The molecule has 0 unspecified atom stereocenters. The molecule has 2 heteroatoms. The molecule has 0 fully saturated rings. The summed E-state index contributed by atoms with van der Waals surface area (Å²) in [7, 11) is 0. The molecule has 0 aromatic heterocycles. The van der Waals surface area contributed by atoms with E-state index in [1.54, 1.807) is 0 Å². The van der Waals surface area contributed by atoms with Gasteiger partial charge in [0.25, 0.3) is 0 Å². The van der Waals surface area contributed by atoms with E-state index >= 15 is 0 Å². The second-order valence-corrected chi connectivity index (χ2v) is 1.68. The van der Waals surface area contributed by atoms with Gasteiger partial charge in [-0.2, -0.15) is 0 Å². The van der Waals surface area contributed by atoms with Gasteiger partial charge in [-0.05, 0) is 24.3 Å². The minimum absolute atomic E-state index is 0.291. The standard InChI is InChI=1S/C7H5FO/c8-7-3-1-6(5-9)2-4-7/h1-5H/p+1. The summed E-state index contributed by atoms with van der Waals surface area (Å²) in [6, 6.07) is 5.58. The second kappa shape index (κ2) is 2.40.